The Morgan fingerprint density at radius 3 is 2.27 bits per heavy atom. The molecular weight excluding hydrogens is 761 g/mol. The molecule has 3 amide bonds. The number of piperidine rings is 1. The lowest BCUT2D eigenvalue weighted by Crippen LogP contribution is -2.56. The van der Waals surface area contributed by atoms with Crippen molar-refractivity contribution < 1.29 is 33.7 Å². The van der Waals surface area contributed by atoms with Crippen molar-refractivity contribution in [1.29, 1.82) is 0 Å². The first-order chi connectivity index (χ1) is 29.2. The molecule has 0 saturated carbocycles. The Morgan fingerprint density at radius 2 is 1.62 bits per heavy atom. The zero-order valence-corrected chi connectivity index (χ0v) is 35.2. The van der Waals surface area contributed by atoms with Crippen LogP contribution in [-0.2, 0) is 20.7 Å². The lowest BCUT2D eigenvalue weighted by Gasteiger charge is -2.44. The first-order valence-electron chi connectivity index (χ1n) is 21.2. The molecule has 322 valence electrons. The number of imide groups is 1. The van der Waals surface area contributed by atoms with Crippen molar-refractivity contribution in [2.24, 2.45) is 5.73 Å². The van der Waals surface area contributed by atoms with Crippen molar-refractivity contribution in [3.63, 3.8) is 0 Å². The number of anilines is 2. The summed E-state index contributed by atoms with van der Waals surface area (Å²) in [7, 11) is 2.11. The Kier molecular flexibility index (Phi) is 18.0. The van der Waals surface area contributed by atoms with Gasteiger partial charge < -0.3 is 39.8 Å². The number of phenols is 1. The smallest absolute Gasteiger partial charge is 0.267 e. The predicted octanol–water partition coefficient (Wildman–Crippen LogP) is 6.38. The minimum absolute atomic E-state index is 0.188. The van der Waals surface area contributed by atoms with Gasteiger partial charge in [0.15, 0.2) is 0 Å². The summed E-state index contributed by atoms with van der Waals surface area (Å²) in [6, 6.07) is 31.9. The minimum atomic E-state index is -0.526. The van der Waals surface area contributed by atoms with Gasteiger partial charge in [-0.25, -0.2) is 4.98 Å². The molecule has 0 radical (unpaired) electrons. The summed E-state index contributed by atoms with van der Waals surface area (Å²) in [5.74, 6) is 0.933. The van der Waals surface area contributed by atoms with E-state index in [0.29, 0.717) is 31.4 Å². The van der Waals surface area contributed by atoms with Crippen molar-refractivity contribution in [2.75, 3.05) is 69.4 Å². The number of aromatic nitrogens is 1. The molecule has 0 aliphatic carbocycles. The number of piperazine rings is 1. The van der Waals surface area contributed by atoms with Gasteiger partial charge in [0.1, 0.15) is 29.5 Å². The second-order valence-corrected chi connectivity index (χ2v) is 15.5. The first kappa shape index (κ1) is 45.4. The third-order valence-corrected chi connectivity index (χ3v) is 11.0. The molecule has 1 unspecified atom stereocenters. The number of nitrogens with one attached hydrogen (secondary N) is 1. The van der Waals surface area contributed by atoms with Gasteiger partial charge in [-0.05, 0) is 87.9 Å². The number of carbonyl (C=O) groups is 3. The Morgan fingerprint density at radius 1 is 0.900 bits per heavy atom. The normalized spacial score (nSPS) is 18.1. The van der Waals surface area contributed by atoms with Crippen molar-refractivity contribution in [3.8, 4) is 17.4 Å². The molecule has 1 spiro atoms. The highest BCUT2D eigenvalue weighted by atomic mass is 16.5. The third kappa shape index (κ3) is 14.0. The molecule has 5 aliphatic rings. The maximum atomic E-state index is 11.1. The number of hydrogen-bond acceptors (Lipinski definition) is 11. The van der Waals surface area contributed by atoms with Crippen LogP contribution in [0.15, 0.2) is 97.1 Å². The van der Waals surface area contributed by atoms with Crippen LogP contribution in [0, 0.1) is 0 Å². The average Bonchev–Trinajstić information content (AvgIpc) is 3.74. The Balaban J connectivity index is 0.000000149. The van der Waals surface area contributed by atoms with Gasteiger partial charge in [0.25, 0.3) is 5.91 Å². The van der Waals surface area contributed by atoms with Crippen LogP contribution in [0.3, 0.4) is 0 Å². The van der Waals surface area contributed by atoms with Crippen LogP contribution >= 0.6 is 0 Å². The third-order valence-electron chi connectivity index (χ3n) is 11.0. The molecule has 3 fully saturated rings. The van der Waals surface area contributed by atoms with Gasteiger partial charge in [0, 0.05) is 57.5 Å². The molecule has 1 aromatic heterocycles. The van der Waals surface area contributed by atoms with Gasteiger partial charge in [-0.1, -0.05) is 74.0 Å². The van der Waals surface area contributed by atoms with Crippen LogP contribution in [0.1, 0.15) is 74.3 Å². The summed E-state index contributed by atoms with van der Waals surface area (Å²) in [6.45, 7) is 9.59. The van der Waals surface area contributed by atoms with Gasteiger partial charge in [-0.15, -0.1) is 0 Å². The van der Waals surface area contributed by atoms with E-state index >= 15 is 0 Å². The number of rotatable bonds is 6. The molecule has 60 heavy (non-hydrogen) atoms. The van der Waals surface area contributed by atoms with Gasteiger partial charge in [-0.2, -0.15) is 0 Å². The van der Waals surface area contributed by atoms with E-state index in [1.165, 1.54) is 36.9 Å². The minimum Gasteiger partial charge on any atom is -0.508 e. The molecule has 6 heterocycles. The number of likely N-dealkylation sites (N-methyl/N-ethyl adjacent to an activating group) is 1. The summed E-state index contributed by atoms with van der Waals surface area (Å²) in [4.78, 5) is 42.4. The summed E-state index contributed by atoms with van der Waals surface area (Å²) in [5, 5.41) is 11.2. The van der Waals surface area contributed by atoms with E-state index in [1.807, 2.05) is 55.5 Å². The molecule has 3 aromatic carbocycles. The average molecular weight is 823 g/mol. The number of nitrogens with zero attached hydrogens (tertiary/aromatic N) is 4. The van der Waals surface area contributed by atoms with Gasteiger partial charge in [0.2, 0.25) is 18.2 Å². The number of phenolic OH excluding ortho intramolecular Hbond substituents is 1. The van der Waals surface area contributed by atoms with E-state index in [2.05, 4.69) is 62.4 Å². The standard InChI is InChI=1S/C14H19NO.C12H16N4O2.C9H10O2.C6H11NO2.C6H6/c1-2-5-13(6-3-1)15-10-8-14(9-11-15)7-4-12-16-14;1-15-4-5-16-8(6-15)7-18-12-10(16)3-2-9(14-12)11(13)17;10-8-4-3-7-2-1-5-11-9(7)6-8;1-2-3-4-6(9)7-5-8;1-2-4-6-5-3-1/h1-3,5-6H,4,7-12H2;2-3,8H,4-7H2,1H3,(H2,13,17);3-4,6,10H,1-2,5H2;5H,2-4H2,1H3,(H,7,8,9);1-6H. The summed E-state index contributed by atoms with van der Waals surface area (Å²) < 4.78 is 16.9. The molecule has 4 aromatic rings. The second-order valence-electron chi connectivity index (χ2n) is 15.5. The van der Waals surface area contributed by atoms with Crippen molar-refractivity contribution >= 4 is 29.6 Å². The van der Waals surface area contributed by atoms with Crippen LogP contribution in [0.4, 0.5) is 11.4 Å². The zero-order valence-electron chi connectivity index (χ0n) is 35.2. The fourth-order valence-electron chi connectivity index (χ4n) is 7.69. The summed E-state index contributed by atoms with van der Waals surface area (Å²) >= 11 is 0. The second kappa shape index (κ2) is 23.8. The Hall–Kier alpha value is -5.66. The van der Waals surface area contributed by atoms with Crippen LogP contribution in [0.5, 0.6) is 17.4 Å². The van der Waals surface area contributed by atoms with E-state index in [0.717, 1.165) is 83.1 Å². The van der Waals surface area contributed by atoms with E-state index in [1.54, 1.807) is 18.2 Å². The molecular formula is C47H62N6O7. The molecule has 5 aliphatic heterocycles. The number of ether oxygens (including phenoxy) is 3. The quantitative estimate of drug-likeness (QED) is 0.185. The molecule has 4 N–H and O–H groups in total. The number of pyridine rings is 1. The summed E-state index contributed by atoms with van der Waals surface area (Å²) in [5.41, 5.74) is 9.23. The molecule has 3 saturated heterocycles. The largest absolute Gasteiger partial charge is 0.508 e. The predicted molar refractivity (Wildman–Crippen MR) is 235 cm³/mol. The van der Waals surface area contributed by atoms with Crippen LogP contribution in [0.25, 0.3) is 0 Å². The van der Waals surface area contributed by atoms with Gasteiger partial charge >= 0.3 is 0 Å². The maximum Gasteiger partial charge on any atom is 0.267 e. The Labute approximate surface area is 354 Å². The highest BCUT2D eigenvalue weighted by Gasteiger charge is 2.38. The SMILES string of the molecule is CCCCC(=O)NC=O.CN1CCN2c3ccc(C(N)=O)nc3OCC2C1.Oc1ccc2c(c1)OCCC2.c1ccc(N2CCC3(CCCO3)CC2)cc1.c1ccccc1. The zero-order chi connectivity index (χ0) is 42.6. The fourth-order valence-corrected chi connectivity index (χ4v) is 7.69. The van der Waals surface area contributed by atoms with Crippen molar-refractivity contribution in [3.05, 3.63) is 108 Å². The monoisotopic (exact) mass is 822 g/mol. The lowest BCUT2D eigenvalue weighted by atomic mass is 9.88. The number of para-hydroxylation sites is 1. The molecule has 9 rings (SSSR count). The van der Waals surface area contributed by atoms with Crippen molar-refractivity contribution in [1.82, 2.24) is 15.2 Å². The Bertz CT molecular complexity index is 1870. The maximum absolute atomic E-state index is 11.1. The van der Waals surface area contributed by atoms with E-state index in [-0.39, 0.29) is 23.0 Å². The van der Waals surface area contributed by atoms with E-state index in [9.17, 15) is 14.4 Å². The number of benzene rings is 3. The number of carbonyl (C=O) groups excluding carboxylic acids is 3. The molecule has 0 bridgehead atoms. The van der Waals surface area contributed by atoms with Crippen LogP contribution in [-0.4, -0.2) is 104 Å². The highest BCUT2D eigenvalue weighted by Crippen LogP contribution is 2.37. The molecule has 13 nitrogen and oxygen atoms in total. The van der Waals surface area contributed by atoms with E-state index < -0.39 is 5.91 Å². The highest BCUT2D eigenvalue weighted by molar-refractivity contribution is 5.91. The van der Waals surface area contributed by atoms with Crippen LogP contribution < -0.4 is 30.3 Å². The number of aryl methyl sites for hydroxylation is 1. The number of amides is 3. The van der Waals surface area contributed by atoms with Gasteiger partial charge in [0.05, 0.1) is 18.2 Å². The number of primary amides is 1. The fraction of sp³-hybridized carbons (Fsp3) is 0.447. The van der Waals surface area contributed by atoms with E-state index in [4.69, 9.17) is 25.1 Å². The molecule has 1 atom stereocenters. The number of unbranched alkanes of at least 4 members (excludes halogenated alkanes) is 1. The number of nitrogens with two attached hydrogens (primary N) is 1. The van der Waals surface area contributed by atoms with Crippen LogP contribution in [0.2, 0.25) is 0 Å². The topological polar surface area (TPSA) is 160 Å². The summed E-state index contributed by atoms with van der Waals surface area (Å²) in [6.07, 6.45) is 9.76. The van der Waals surface area contributed by atoms with Gasteiger partial charge in [-0.3, -0.25) is 19.7 Å². The first-order valence-corrected chi connectivity index (χ1v) is 21.2. The number of fused-ring (bicyclic) bond motifs is 4. The van der Waals surface area contributed by atoms with Crippen molar-refractivity contribution in [2.45, 2.75) is 76.4 Å². The number of aromatic hydroxyl groups is 1. The number of hydrogen-bond donors (Lipinski definition) is 3. The lowest BCUT2D eigenvalue weighted by molar-refractivity contribution is -0.125. The molecule has 13 heteroatoms.